The SMILES string of the molecule is CC.CN[C@@H]1c2cc(OC)c(OC)cc2CC(=O)N2C1Cc1cc3c(cc1[C@@H]2COCc1ccccc1)OCCO3. The van der Waals surface area contributed by atoms with Gasteiger partial charge in [-0.3, -0.25) is 4.79 Å². The molecule has 0 fully saturated rings. The summed E-state index contributed by atoms with van der Waals surface area (Å²) in [5.41, 5.74) is 5.26. The maximum Gasteiger partial charge on any atom is 0.227 e. The monoisotopic (exact) mass is 560 g/mol. The van der Waals surface area contributed by atoms with Gasteiger partial charge in [-0.15, -0.1) is 0 Å². The number of nitrogens with one attached hydrogen (secondary N) is 1. The zero-order valence-corrected chi connectivity index (χ0v) is 24.6. The van der Waals surface area contributed by atoms with E-state index < -0.39 is 0 Å². The summed E-state index contributed by atoms with van der Waals surface area (Å²) in [7, 11) is 5.19. The number of rotatable bonds is 7. The highest BCUT2D eigenvalue weighted by Gasteiger charge is 2.45. The predicted octanol–water partition coefficient (Wildman–Crippen LogP) is 5.03. The molecule has 0 saturated carbocycles. The second kappa shape index (κ2) is 12.8. The Balaban J connectivity index is 0.00000165. The van der Waals surface area contributed by atoms with Crippen LogP contribution in [0.3, 0.4) is 0 Å². The molecule has 8 heteroatoms. The zero-order chi connectivity index (χ0) is 28.9. The number of benzene rings is 3. The maximum absolute atomic E-state index is 14.1. The van der Waals surface area contributed by atoms with Crippen LogP contribution in [0.4, 0.5) is 0 Å². The van der Waals surface area contributed by atoms with Crippen LogP contribution in [0.2, 0.25) is 0 Å². The van der Waals surface area contributed by atoms with Crippen LogP contribution in [-0.4, -0.2) is 57.9 Å². The van der Waals surface area contributed by atoms with E-state index in [-0.39, 0.29) is 30.5 Å². The Morgan fingerprint density at radius 3 is 2.27 bits per heavy atom. The van der Waals surface area contributed by atoms with E-state index in [4.69, 9.17) is 23.7 Å². The maximum atomic E-state index is 14.1. The van der Waals surface area contributed by atoms with Crippen molar-refractivity contribution in [2.45, 2.75) is 51.4 Å². The summed E-state index contributed by atoms with van der Waals surface area (Å²) in [6.07, 6.45) is 0.936. The molecule has 3 aromatic carbocycles. The van der Waals surface area contributed by atoms with Gasteiger partial charge in [-0.25, -0.2) is 0 Å². The third-order valence-electron chi connectivity index (χ3n) is 7.98. The minimum absolute atomic E-state index is 0.0556. The second-order valence-corrected chi connectivity index (χ2v) is 10.1. The average Bonchev–Trinajstić information content (AvgIpc) is 3.13. The molecule has 41 heavy (non-hydrogen) atoms. The summed E-state index contributed by atoms with van der Waals surface area (Å²) < 4.78 is 29.4. The molecule has 0 spiro atoms. The molecule has 3 aliphatic rings. The number of likely N-dealkylation sites (N-methyl/N-ethyl adjacent to an activating group) is 1. The molecule has 6 rings (SSSR count). The third-order valence-corrected chi connectivity index (χ3v) is 7.98. The van der Waals surface area contributed by atoms with E-state index in [2.05, 4.69) is 11.4 Å². The summed E-state index contributed by atoms with van der Waals surface area (Å²) in [5, 5.41) is 3.52. The number of nitrogens with zero attached hydrogens (tertiary/aromatic N) is 1. The molecule has 8 nitrogen and oxygen atoms in total. The fourth-order valence-electron chi connectivity index (χ4n) is 6.20. The number of methoxy groups -OCH3 is 2. The average molecular weight is 561 g/mol. The molecular formula is C33H40N2O6. The minimum Gasteiger partial charge on any atom is -0.493 e. The Kier molecular flexibility index (Phi) is 9.00. The predicted molar refractivity (Wildman–Crippen MR) is 157 cm³/mol. The van der Waals surface area contributed by atoms with Crippen LogP contribution < -0.4 is 24.3 Å². The van der Waals surface area contributed by atoms with Gasteiger partial charge in [0.2, 0.25) is 5.91 Å². The number of carbonyl (C=O) groups excluding carboxylic acids is 1. The number of fused-ring (bicyclic) bond motifs is 4. The summed E-state index contributed by atoms with van der Waals surface area (Å²) >= 11 is 0. The molecule has 3 heterocycles. The van der Waals surface area contributed by atoms with Crippen LogP contribution >= 0.6 is 0 Å². The molecule has 0 aromatic heterocycles. The van der Waals surface area contributed by atoms with Crippen LogP contribution in [0.25, 0.3) is 0 Å². The molecule has 1 unspecified atom stereocenters. The lowest BCUT2D eigenvalue weighted by Gasteiger charge is -2.45. The Labute approximate surface area is 242 Å². The van der Waals surface area contributed by atoms with Gasteiger partial charge in [-0.05, 0) is 65.6 Å². The van der Waals surface area contributed by atoms with Gasteiger partial charge in [0.05, 0.1) is 52.0 Å². The number of amides is 1. The lowest BCUT2D eigenvalue weighted by molar-refractivity contribution is -0.139. The van der Waals surface area contributed by atoms with Gasteiger partial charge in [0.1, 0.15) is 13.2 Å². The van der Waals surface area contributed by atoms with E-state index in [1.54, 1.807) is 14.2 Å². The van der Waals surface area contributed by atoms with Crippen LogP contribution in [0.1, 0.15) is 53.7 Å². The van der Waals surface area contributed by atoms with Crippen LogP contribution in [0.5, 0.6) is 23.0 Å². The molecule has 1 N–H and O–H groups in total. The van der Waals surface area contributed by atoms with E-state index in [0.29, 0.717) is 44.3 Å². The summed E-state index contributed by atoms with van der Waals surface area (Å²) in [6, 6.07) is 17.6. The van der Waals surface area contributed by atoms with Gasteiger partial charge < -0.3 is 33.9 Å². The van der Waals surface area contributed by atoms with Crippen molar-refractivity contribution in [2.24, 2.45) is 0 Å². The molecule has 0 saturated heterocycles. The quantitative estimate of drug-likeness (QED) is 0.434. The summed E-state index contributed by atoms with van der Waals surface area (Å²) in [5.74, 6) is 2.80. The standard InChI is InChI=1S/C31H34N2O6.C2H6/c1-32-31-23-16-27(36-3)26(35-2)12-21(23)14-30(34)33-24(31)11-20-13-28-29(39-10-9-38-28)15-22(20)25(33)18-37-17-19-7-5-4-6-8-19;1-2/h4-8,12-13,15-16,24-25,31-32H,9-11,14,17-18H2,1-3H3;1-2H3/t24?,25-,31+;/m0./s1. The fourth-order valence-corrected chi connectivity index (χ4v) is 6.20. The van der Waals surface area contributed by atoms with Crippen molar-refractivity contribution in [3.8, 4) is 23.0 Å². The Bertz CT molecular complexity index is 1360. The molecule has 218 valence electrons. The molecule has 3 atom stereocenters. The van der Waals surface area contributed by atoms with E-state index in [9.17, 15) is 4.79 Å². The van der Waals surface area contributed by atoms with Crippen LogP contribution in [0.15, 0.2) is 54.6 Å². The molecule has 1 amide bonds. The summed E-state index contributed by atoms with van der Waals surface area (Å²) in [4.78, 5) is 16.1. The van der Waals surface area contributed by atoms with E-state index >= 15 is 0 Å². The largest absolute Gasteiger partial charge is 0.493 e. The Morgan fingerprint density at radius 2 is 1.59 bits per heavy atom. The van der Waals surface area contributed by atoms with Crippen LogP contribution in [0, 0.1) is 0 Å². The van der Waals surface area contributed by atoms with Gasteiger partial charge in [0, 0.05) is 0 Å². The highest BCUT2D eigenvalue weighted by molar-refractivity contribution is 5.82. The smallest absolute Gasteiger partial charge is 0.227 e. The topological polar surface area (TPSA) is 78.5 Å². The summed E-state index contributed by atoms with van der Waals surface area (Å²) in [6.45, 7) is 5.86. The fraction of sp³-hybridized carbons (Fsp3) is 0.424. The Morgan fingerprint density at radius 1 is 0.902 bits per heavy atom. The van der Waals surface area contributed by atoms with Crippen LogP contribution in [-0.2, 0) is 29.0 Å². The first-order valence-corrected chi connectivity index (χ1v) is 14.4. The Hall–Kier alpha value is -3.75. The first-order valence-electron chi connectivity index (χ1n) is 14.4. The highest BCUT2D eigenvalue weighted by atomic mass is 16.6. The van der Waals surface area contributed by atoms with E-state index in [1.807, 2.05) is 74.3 Å². The van der Waals surface area contributed by atoms with Crippen molar-refractivity contribution in [1.82, 2.24) is 10.2 Å². The molecule has 0 aliphatic carbocycles. The first-order chi connectivity index (χ1) is 20.1. The van der Waals surface area contributed by atoms with Crippen molar-refractivity contribution in [1.29, 1.82) is 0 Å². The number of ether oxygens (including phenoxy) is 5. The van der Waals surface area contributed by atoms with Crippen molar-refractivity contribution in [2.75, 3.05) is 41.1 Å². The lowest BCUT2D eigenvalue weighted by atomic mass is 9.83. The third kappa shape index (κ3) is 5.59. The second-order valence-electron chi connectivity index (χ2n) is 10.1. The number of hydrogen-bond acceptors (Lipinski definition) is 7. The van der Waals surface area contributed by atoms with Gasteiger partial charge in [-0.1, -0.05) is 44.2 Å². The zero-order valence-electron chi connectivity index (χ0n) is 24.6. The van der Waals surface area contributed by atoms with E-state index in [0.717, 1.165) is 39.3 Å². The first kappa shape index (κ1) is 28.8. The number of carbonyl (C=O) groups is 1. The van der Waals surface area contributed by atoms with Crippen molar-refractivity contribution in [3.05, 3.63) is 82.4 Å². The molecule has 3 aliphatic heterocycles. The normalized spacial score (nSPS) is 20.5. The van der Waals surface area contributed by atoms with Crippen molar-refractivity contribution < 1.29 is 28.5 Å². The lowest BCUT2D eigenvalue weighted by Crippen LogP contribution is -2.52. The van der Waals surface area contributed by atoms with Gasteiger partial charge >= 0.3 is 0 Å². The van der Waals surface area contributed by atoms with Gasteiger partial charge in [-0.2, -0.15) is 0 Å². The molecular weight excluding hydrogens is 520 g/mol. The molecule has 0 bridgehead atoms. The van der Waals surface area contributed by atoms with Gasteiger partial charge in [0.15, 0.2) is 23.0 Å². The minimum atomic E-state index is -0.278. The molecule has 0 radical (unpaired) electrons. The van der Waals surface area contributed by atoms with Crippen molar-refractivity contribution in [3.63, 3.8) is 0 Å². The van der Waals surface area contributed by atoms with E-state index in [1.165, 1.54) is 0 Å². The highest BCUT2D eigenvalue weighted by Crippen LogP contribution is 2.46. The molecule has 3 aromatic rings. The number of hydrogen-bond donors (Lipinski definition) is 1. The van der Waals surface area contributed by atoms with Gasteiger partial charge in [0.25, 0.3) is 0 Å². The van der Waals surface area contributed by atoms with Crippen molar-refractivity contribution >= 4 is 5.91 Å².